The van der Waals surface area contributed by atoms with Gasteiger partial charge >= 0.3 is 0 Å². The van der Waals surface area contributed by atoms with Crippen LogP contribution >= 0.6 is 15.9 Å². The Hall–Kier alpha value is -0.620. The fourth-order valence-electron chi connectivity index (χ4n) is 2.56. The lowest BCUT2D eigenvalue weighted by atomic mass is 10.1. The molecule has 1 heterocycles. The molecule has 1 saturated heterocycles. The van der Waals surface area contributed by atoms with Gasteiger partial charge in [-0.05, 0) is 32.6 Å². The number of nitrogens with one attached hydrogen (secondary N) is 1. The molecule has 21 heavy (non-hydrogen) atoms. The molecule has 0 aromatic heterocycles. The number of hydrogen-bond donors (Lipinski definition) is 1. The molecule has 1 aliphatic rings. The molecule has 1 aliphatic heterocycles. The molecule has 1 fully saturated rings. The first kappa shape index (κ1) is 16.7. The standard InChI is InChI=1S/C16H25BrN2O2/c1-4-18-12(2)15-6-5-13(17)9-16(15)21-11-14-10-19(3)7-8-20-14/h5-6,9,12,14,18H,4,7-8,10-11H2,1-3H3. The van der Waals surface area contributed by atoms with E-state index >= 15 is 0 Å². The highest BCUT2D eigenvalue weighted by Crippen LogP contribution is 2.29. The number of morpholine rings is 1. The number of halogens is 1. The number of ether oxygens (including phenoxy) is 2. The first-order valence-corrected chi connectivity index (χ1v) is 8.35. The summed E-state index contributed by atoms with van der Waals surface area (Å²) in [6.07, 6.45) is 0.144. The SMILES string of the molecule is CCNC(C)c1ccc(Br)cc1OCC1CN(C)CCO1. The highest BCUT2D eigenvalue weighted by Gasteiger charge is 2.19. The number of benzene rings is 1. The molecule has 0 bridgehead atoms. The van der Waals surface area contributed by atoms with Crippen LogP contribution in [0.5, 0.6) is 5.75 Å². The fraction of sp³-hybridized carbons (Fsp3) is 0.625. The van der Waals surface area contributed by atoms with Crippen molar-refractivity contribution in [1.82, 2.24) is 10.2 Å². The van der Waals surface area contributed by atoms with Crippen LogP contribution < -0.4 is 10.1 Å². The summed E-state index contributed by atoms with van der Waals surface area (Å²) < 4.78 is 12.8. The van der Waals surface area contributed by atoms with Gasteiger partial charge in [0.25, 0.3) is 0 Å². The first-order valence-electron chi connectivity index (χ1n) is 7.56. The van der Waals surface area contributed by atoms with Crippen molar-refractivity contribution in [2.24, 2.45) is 0 Å². The van der Waals surface area contributed by atoms with Gasteiger partial charge in [0.1, 0.15) is 18.5 Å². The van der Waals surface area contributed by atoms with Crippen LogP contribution in [0.4, 0.5) is 0 Å². The third kappa shape index (κ3) is 4.95. The van der Waals surface area contributed by atoms with Gasteiger partial charge in [0.2, 0.25) is 0 Å². The van der Waals surface area contributed by atoms with Crippen molar-refractivity contribution in [3.05, 3.63) is 28.2 Å². The first-order chi connectivity index (χ1) is 10.1. The van der Waals surface area contributed by atoms with E-state index in [1.165, 1.54) is 5.56 Å². The summed E-state index contributed by atoms with van der Waals surface area (Å²) in [6, 6.07) is 6.48. The number of rotatable bonds is 6. The summed E-state index contributed by atoms with van der Waals surface area (Å²) in [4.78, 5) is 2.28. The third-order valence-electron chi connectivity index (χ3n) is 3.72. The maximum atomic E-state index is 6.05. The summed E-state index contributed by atoms with van der Waals surface area (Å²) in [6.45, 7) is 8.50. The van der Waals surface area contributed by atoms with E-state index in [0.29, 0.717) is 6.61 Å². The summed E-state index contributed by atoms with van der Waals surface area (Å²) in [5, 5.41) is 3.43. The molecular formula is C16H25BrN2O2. The van der Waals surface area contributed by atoms with Crippen molar-refractivity contribution in [3.63, 3.8) is 0 Å². The van der Waals surface area contributed by atoms with Crippen LogP contribution in [0.15, 0.2) is 22.7 Å². The van der Waals surface area contributed by atoms with Crippen molar-refractivity contribution in [1.29, 1.82) is 0 Å². The fourth-order valence-corrected chi connectivity index (χ4v) is 2.90. The smallest absolute Gasteiger partial charge is 0.125 e. The summed E-state index contributed by atoms with van der Waals surface area (Å²) >= 11 is 3.52. The van der Waals surface area contributed by atoms with E-state index < -0.39 is 0 Å². The number of hydrogen-bond acceptors (Lipinski definition) is 4. The Bertz CT molecular complexity index is 456. The quantitative estimate of drug-likeness (QED) is 0.849. The van der Waals surface area contributed by atoms with Gasteiger partial charge in [0.15, 0.2) is 0 Å². The minimum absolute atomic E-state index is 0.144. The van der Waals surface area contributed by atoms with Gasteiger partial charge in [-0.2, -0.15) is 0 Å². The minimum atomic E-state index is 0.144. The molecule has 2 atom stereocenters. The number of likely N-dealkylation sites (N-methyl/N-ethyl adjacent to an activating group) is 1. The second kappa shape index (κ2) is 8.13. The number of nitrogens with zero attached hydrogens (tertiary/aromatic N) is 1. The topological polar surface area (TPSA) is 33.7 Å². The van der Waals surface area contributed by atoms with Crippen LogP contribution in [0.25, 0.3) is 0 Å². The van der Waals surface area contributed by atoms with Gasteiger partial charge in [-0.25, -0.2) is 0 Å². The van der Waals surface area contributed by atoms with E-state index in [-0.39, 0.29) is 12.1 Å². The van der Waals surface area contributed by atoms with Crippen molar-refractivity contribution >= 4 is 15.9 Å². The third-order valence-corrected chi connectivity index (χ3v) is 4.21. The molecule has 1 N–H and O–H groups in total. The van der Waals surface area contributed by atoms with Crippen molar-refractivity contribution in [3.8, 4) is 5.75 Å². The molecular weight excluding hydrogens is 332 g/mol. The van der Waals surface area contributed by atoms with E-state index in [0.717, 1.165) is 36.5 Å². The molecule has 2 rings (SSSR count). The Morgan fingerprint density at radius 1 is 1.52 bits per heavy atom. The van der Waals surface area contributed by atoms with E-state index in [1.807, 2.05) is 6.07 Å². The van der Waals surface area contributed by atoms with Gasteiger partial charge in [0, 0.05) is 29.2 Å². The zero-order valence-corrected chi connectivity index (χ0v) is 14.6. The normalized spacial score (nSPS) is 21.2. The molecule has 0 saturated carbocycles. The van der Waals surface area contributed by atoms with Crippen LogP contribution in [-0.4, -0.2) is 50.9 Å². The Morgan fingerprint density at radius 3 is 3.05 bits per heavy atom. The second-order valence-corrected chi connectivity index (χ2v) is 6.44. The van der Waals surface area contributed by atoms with Crippen molar-refractivity contribution in [2.75, 3.05) is 39.9 Å². The predicted octanol–water partition coefficient (Wildman–Crippen LogP) is 2.83. The molecule has 0 amide bonds. The lowest BCUT2D eigenvalue weighted by molar-refractivity contribution is -0.0405. The Balaban J connectivity index is 2.02. The average molecular weight is 357 g/mol. The Morgan fingerprint density at radius 2 is 2.33 bits per heavy atom. The average Bonchev–Trinajstić information content (AvgIpc) is 2.45. The van der Waals surface area contributed by atoms with E-state index in [2.05, 4.69) is 59.2 Å². The van der Waals surface area contributed by atoms with Crippen LogP contribution in [0.3, 0.4) is 0 Å². The maximum absolute atomic E-state index is 6.05. The van der Waals surface area contributed by atoms with Crippen LogP contribution in [0.1, 0.15) is 25.5 Å². The molecule has 4 nitrogen and oxygen atoms in total. The highest BCUT2D eigenvalue weighted by atomic mass is 79.9. The summed E-state index contributed by atoms with van der Waals surface area (Å²) in [5.41, 5.74) is 1.18. The predicted molar refractivity (Wildman–Crippen MR) is 89.0 cm³/mol. The Kier molecular flexibility index (Phi) is 6.48. The zero-order chi connectivity index (χ0) is 15.2. The van der Waals surface area contributed by atoms with Gasteiger partial charge in [0.05, 0.1) is 6.61 Å². The van der Waals surface area contributed by atoms with Crippen molar-refractivity contribution < 1.29 is 9.47 Å². The summed E-state index contributed by atoms with van der Waals surface area (Å²) in [7, 11) is 2.12. The molecule has 0 radical (unpaired) electrons. The lowest BCUT2D eigenvalue weighted by Crippen LogP contribution is -2.42. The van der Waals surface area contributed by atoms with Gasteiger partial charge < -0.3 is 19.7 Å². The van der Waals surface area contributed by atoms with E-state index in [1.54, 1.807) is 0 Å². The van der Waals surface area contributed by atoms with Crippen LogP contribution in [0, 0.1) is 0 Å². The second-order valence-electron chi connectivity index (χ2n) is 5.53. The maximum Gasteiger partial charge on any atom is 0.125 e. The van der Waals surface area contributed by atoms with Crippen LogP contribution in [-0.2, 0) is 4.74 Å². The zero-order valence-electron chi connectivity index (χ0n) is 13.1. The molecule has 1 aromatic carbocycles. The van der Waals surface area contributed by atoms with Gasteiger partial charge in [-0.3, -0.25) is 0 Å². The molecule has 1 aromatic rings. The monoisotopic (exact) mass is 356 g/mol. The molecule has 2 unspecified atom stereocenters. The van der Waals surface area contributed by atoms with Gasteiger partial charge in [-0.15, -0.1) is 0 Å². The van der Waals surface area contributed by atoms with E-state index in [9.17, 15) is 0 Å². The van der Waals surface area contributed by atoms with Crippen LogP contribution in [0.2, 0.25) is 0 Å². The Labute approximate surface area is 135 Å². The van der Waals surface area contributed by atoms with E-state index in [4.69, 9.17) is 9.47 Å². The molecule has 118 valence electrons. The minimum Gasteiger partial charge on any atom is -0.490 e. The summed E-state index contributed by atoms with van der Waals surface area (Å²) in [5.74, 6) is 0.926. The molecule has 0 spiro atoms. The highest BCUT2D eigenvalue weighted by molar-refractivity contribution is 9.10. The largest absolute Gasteiger partial charge is 0.490 e. The van der Waals surface area contributed by atoms with Gasteiger partial charge in [-0.1, -0.05) is 28.9 Å². The van der Waals surface area contributed by atoms with Crippen molar-refractivity contribution in [2.45, 2.75) is 26.0 Å². The molecule has 5 heteroatoms. The molecule has 0 aliphatic carbocycles. The lowest BCUT2D eigenvalue weighted by Gasteiger charge is -2.30.